The number of carbonyl (C=O) groups excluding carboxylic acids is 13. The first-order valence-electron chi connectivity index (χ1n) is 47.1. The highest BCUT2D eigenvalue weighted by Crippen LogP contribution is 2.38. The number of alkyl halides is 3. The molecule has 0 saturated carbocycles. The predicted molar refractivity (Wildman–Crippen MR) is 535 cm³/mol. The number of aliphatic carboxylic acids is 1. The van der Waals surface area contributed by atoms with Gasteiger partial charge in [0.1, 0.15) is 64.9 Å². The van der Waals surface area contributed by atoms with Crippen LogP contribution < -0.4 is 41.3 Å². The van der Waals surface area contributed by atoms with Crippen molar-refractivity contribution < 1.29 is 151 Å². The van der Waals surface area contributed by atoms with Crippen molar-refractivity contribution in [3.8, 4) is 0 Å². The summed E-state index contributed by atoms with van der Waals surface area (Å²) in [6.07, 6.45) is -5.11. The second-order valence-corrected chi connectivity index (χ2v) is 37.2. The lowest BCUT2D eigenvalue weighted by Crippen LogP contribution is -2.46. The molecule has 4 aliphatic heterocycles. The van der Waals surface area contributed by atoms with Crippen molar-refractivity contribution in [2.24, 2.45) is 29.6 Å². The Balaban J connectivity index is 0.000000247. The van der Waals surface area contributed by atoms with Gasteiger partial charge in [0.15, 0.2) is 0 Å². The summed E-state index contributed by atoms with van der Waals surface area (Å²) in [4.78, 5) is 175. The molecule has 36 nitrogen and oxygen atoms in total. The summed E-state index contributed by atoms with van der Waals surface area (Å²) >= 11 is 11.6. The predicted octanol–water partition coefficient (Wildman–Crippen LogP) is 14.1. The van der Waals surface area contributed by atoms with E-state index in [1.54, 1.807) is 48.6 Å². The molecule has 8 amide bonds. The fourth-order valence-corrected chi connectivity index (χ4v) is 15.3. The first kappa shape index (κ1) is 122. The Morgan fingerprint density at radius 3 is 1.21 bits per heavy atom. The highest BCUT2D eigenvalue weighted by Gasteiger charge is 2.48. The van der Waals surface area contributed by atoms with Gasteiger partial charge in [-0.1, -0.05) is 175 Å². The molecular weight excluding hydrogens is 2000 g/mol. The molecule has 7 aromatic carbocycles. The topological polar surface area (TPSA) is 453 Å². The molecule has 0 unspecified atom stereocenters. The number of likely N-dealkylation sites (N-methyl/N-ethyl adjacent to an activating group) is 2. The number of hydrogen-bond acceptors (Lipinski definition) is 27. The quantitative estimate of drug-likeness (QED) is 0.0120. The van der Waals surface area contributed by atoms with Crippen LogP contribution in [0.1, 0.15) is 126 Å². The van der Waals surface area contributed by atoms with Gasteiger partial charge in [-0.2, -0.15) is 13.2 Å². The normalized spacial score (nSPS) is 17.6. The van der Waals surface area contributed by atoms with Crippen LogP contribution in [0.4, 0.5) is 48.7 Å². The molecule has 6 N–H and O–H groups in total. The van der Waals surface area contributed by atoms with E-state index in [0.717, 1.165) is 50.9 Å². The molecule has 0 spiro atoms. The third-order valence-corrected chi connectivity index (χ3v) is 23.2. The van der Waals surface area contributed by atoms with E-state index in [1.807, 2.05) is 152 Å². The fraction of sp³-hybridized carbons (Fsp3) is 0.425. The molecule has 8 aromatic rings. The summed E-state index contributed by atoms with van der Waals surface area (Å²) in [5, 5.41) is 21.1. The number of pyridine rings is 1. The minimum atomic E-state index is -4.68. The number of hydrogen-bond donors (Lipinski definition) is 6. The van der Waals surface area contributed by atoms with Crippen molar-refractivity contribution in [2.45, 2.75) is 180 Å². The third kappa shape index (κ3) is 41.5. The Morgan fingerprint density at radius 2 is 0.832 bits per heavy atom. The second kappa shape index (κ2) is 60.4. The average molecular weight is 2120 g/mol. The summed E-state index contributed by atoms with van der Waals surface area (Å²) in [6, 6.07) is 52.0. The highest BCUT2D eigenvalue weighted by molar-refractivity contribution is 6.31. The number of esters is 5. The Labute approximate surface area is 869 Å². The maximum atomic E-state index is 13.7. The van der Waals surface area contributed by atoms with Crippen molar-refractivity contribution in [1.82, 2.24) is 31.6 Å². The number of carboxylic acids is 1. The molecule has 4 fully saturated rings. The lowest BCUT2D eigenvalue weighted by atomic mass is 10.0. The Kier molecular flexibility index (Phi) is 49.4. The van der Waals surface area contributed by atoms with Crippen molar-refractivity contribution in [3.63, 3.8) is 0 Å². The number of carboxylic acid groups (broad SMARTS) is 1. The molecule has 1 aromatic heterocycles. The third-order valence-electron chi connectivity index (χ3n) is 22.6. The molecule has 0 radical (unpaired) electrons. The monoisotopic (exact) mass is 2120 g/mol. The lowest BCUT2D eigenvalue weighted by Gasteiger charge is -2.28. The van der Waals surface area contributed by atoms with Crippen LogP contribution in [0, 0.1) is 48.1 Å². The molecule has 0 bridgehead atoms. The van der Waals surface area contributed by atoms with E-state index in [2.05, 4.69) is 45.8 Å². The number of benzene rings is 7. The number of methoxy groups -OCH3 is 5. The van der Waals surface area contributed by atoms with Crippen molar-refractivity contribution in [1.29, 1.82) is 0 Å². The molecule has 43 heteroatoms. The summed E-state index contributed by atoms with van der Waals surface area (Å²) in [7, 11) is 9.19. The number of nitrogens with zero attached hydrogens (tertiary/aromatic N) is 4. The van der Waals surface area contributed by atoms with Gasteiger partial charge in [-0.25, -0.2) is 42.5 Å². The van der Waals surface area contributed by atoms with Gasteiger partial charge in [-0.3, -0.25) is 43.3 Å². The smallest absolute Gasteiger partial charge is 0.416 e. The van der Waals surface area contributed by atoms with E-state index in [1.165, 1.54) is 89.7 Å². The van der Waals surface area contributed by atoms with Crippen LogP contribution >= 0.6 is 23.2 Å². The molecular formula is C106H126Cl2F5N9O27. The molecule has 4 aliphatic rings. The minimum absolute atomic E-state index is 0.00787. The number of amides is 8. The molecule has 12 rings (SSSR count). The van der Waals surface area contributed by atoms with Crippen LogP contribution in [-0.4, -0.2) is 224 Å². The van der Waals surface area contributed by atoms with Crippen molar-refractivity contribution in [2.75, 3.05) is 97.4 Å². The molecule has 11 atom stereocenters. The molecule has 149 heavy (non-hydrogen) atoms. The van der Waals surface area contributed by atoms with Crippen LogP contribution in [0.15, 0.2) is 200 Å². The number of anilines is 3. The van der Waals surface area contributed by atoms with E-state index in [9.17, 15) is 89.1 Å². The van der Waals surface area contributed by atoms with Gasteiger partial charge < -0.3 is 98.3 Å². The Hall–Kier alpha value is -14.1. The summed E-state index contributed by atoms with van der Waals surface area (Å²) in [5.41, 5.74) is 3.31. The van der Waals surface area contributed by atoms with Crippen molar-refractivity contribution in [3.05, 3.63) is 261 Å². The average Bonchev–Trinajstić information content (AvgIpc) is 1.63. The van der Waals surface area contributed by atoms with Crippen LogP contribution in [0.3, 0.4) is 0 Å². The zero-order valence-electron chi connectivity index (χ0n) is 84.9. The molecule has 5 heterocycles. The summed E-state index contributed by atoms with van der Waals surface area (Å²) < 4.78 is 129. The van der Waals surface area contributed by atoms with E-state index < -0.39 is 142 Å². The second-order valence-electron chi connectivity index (χ2n) is 36.4. The number of alkyl carbamates (subject to hydrolysis) is 2. The number of aryl methyl sites for hydroxylation is 1. The van der Waals surface area contributed by atoms with Crippen molar-refractivity contribution >= 4 is 124 Å². The minimum Gasteiger partial charge on any atom is -0.480 e. The van der Waals surface area contributed by atoms with E-state index >= 15 is 0 Å². The van der Waals surface area contributed by atoms with Gasteiger partial charge in [0, 0.05) is 37.6 Å². The van der Waals surface area contributed by atoms with E-state index in [0.29, 0.717) is 58.0 Å². The van der Waals surface area contributed by atoms with Crippen LogP contribution in [-0.2, 0) is 154 Å². The molecule has 806 valence electrons. The number of carbonyl (C=O) groups is 14. The van der Waals surface area contributed by atoms with Gasteiger partial charge in [0.2, 0.25) is 35.4 Å². The van der Waals surface area contributed by atoms with Gasteiger partial charge in [0.05, 0.1) is 147 Å². The number of aromatic nitrogens is 1. The maximum absolute atomic E-state index is 13.7. The zero-order valence-corrected chi connectivity index (χ0v) is 86.4. The summed E-state index contributed by atoms with van der Waals surface area (Å²) in [6.45, 7) is 14.2. The first-order valence-corrected chi connectivity index (χ1v) is 47.8. The lowest BCUT2D eigenvalue weighted by molar-refractivity contribution is -0.151. The van der Waals surface area contributed by atoms with Crippen LogP contribution in [0.5, 0.6) is 0 Å². The van der Waals surface area contributed by atoms with Gasteiger partial charge in [-0.15, -0.1) is 0 Å². The fourth-order valence-electron chi connectivity index (χ4n) is 14.9. The molecule has 4 saturated heterocycles. The largest absolute Gasteiger partial charge is 0.480 e. The highest BCUT2D eigenvalue weighted by atomic mass is 35.5. The van der Waals surface area contributed by atoms with Crippen LogP contribution in [0.2, 0.25) is 10.0 Å². The van der Waals surface area contributed by atoms with Gasteiger partial charge in [0.25, 0.3) is 0 Å². The maximum Gasteiger partial charge on any atom is 0.416 e. The number of rotatable bonds is 37. The van der Waals surface area contributed by atoms with Gasteiger partial charge in [-0.05, 0) is 163 Å². The molecule has 0 aliphatic carbocycles. The van der Waals surface area contributed by atoms with Crippen LogP contribution in [0.25, 0.3) is 0 Å². The zero-order chi connectivity index (χ0) is 110. The van der Waals surface area contributed by atoms with E-state index in [-0.39, 0.29) is 127 Å². The Morgan fingerprint density at radius 1 is 0.463 bits per heavy atom. The SMILES string of the molecule is CN(C(=O)[C@@H]1C[C@H](COCc2ccccc2)C(=O)N1)c1ccc(F)c(Cl)c1.COC(=O)CC[C@H](NC(=O)OC(C)(C)C)C(=O)OC.COC(=O)[C@@H](COCc1ccccc1)C[C@H](NC(=O)OC(C)(C)C)C(=O)OC.COC(=O)[C@@H]1C[C@H](COCc2ccccc2)C(=O)N1.Cc1cc(C(F)(F)F)cc(N2C(=O)[C@@H](COCc3ccccc3)C[C@H]2C(=O)N(C)c2ccc(F)c(Cl)c2)n1.O=C1N[C@H](C(=O)O)C[C@@H]1COCc1ccccc1. The number of ether oxygens (including phenoxy) is 12. The standard InChI is InChI=1S/C27H24ClF4N3O3.C20H20ClFN2O3.C20H29NO7.C14H17NO4.C13H15NO4.C12H21NO6/c1-16-10-19(27(30,31)32)12-24(33-16)35-23(26(37)34(2)20-8-9-22(29)21(28)13-20)11-18(25(35)36)15-38-14-17-6-4-3-5-7-17;1-24(15-7-8-17(22)16(21)10-15)20(26)18-9-14(19(25)23-18)12-27-11-13-5-3-2-4-6-13;1-20(2,3)28-19(24)21-16(18(23)26-5)11-15(17(22)25-4)13-27-12-14-9-7-6-8-10-14;1-18-14(17)12-7-11(13(16)15-12)9-19-8-10-5-3-2-4-6-10;15-12-10(6-11(14-12)13(16)17)8-18-7-9-4-2-1-3-5-9;1-12(2,3)19-11(16)13-8(10(15)18-5)6-7-9(14)17-4/h3-10,12-13,18,23H,11,14-15H2,1-2H3;2-8,10,14,18H,9,11-12H2,1H3,(H,23,25);6-10,15-16H,11-13H2,1-5H3,(H,21,24);2-6,11-12H,7-9H2,1H3,(H,15,16);1-5,10-11H,6-8H2,(H,14,15)(H,16,17);8H,6-7H2,1-5H3,(H,13,16)/t18-,23+;14-,18+;15-,16+;11-,12+;10-,11+;8-/m111110/s1. The number of nitrogens with one attached hydrogen (secondary N) is 5. The van der Waals surface area contributed by atoms with E-state index in [4.69, 9.17) is 70.9 Å². The first-order chi connectivity index (χ1) is 70.6. The Bertz CT molecular complexity index is 5750. The number of halogens is 7. The summed E-state index contributed by atoms with van der Waals surface area (Å²) in [5.74, 6) is -9.90. The van der Waals surface area contributed by atoms with Gasteiger partial charge >= 0.3 is 54.2 Å².